The number of hydrogen-bond acceptors (Lipinski definition) is 3. The van der Waals surface area contributed by atoms with E-state index in [1.807, 2.05) is 24.3 Å². The van der Waals surface area contributed by atoms with E-state index in [4.69, 9.17) is 8.83 Å². The molecule has 0 aliphatic carbocycles. The van der Waals surface area contributed by atoms with Crippen LogP contribution in [-0.2, 0) is 10.8 Å². The van der Waals surface area contributed by atoms with Gasteiger partial charge in [-0.2, -0.15) is 0 Å². The number of rotatable bonds is 7. The summed E-state index contributed by atoms with van der Waals surface area (Å²) in [7, 11) is 0. The van der Waals surface area contributed by atoms with Crippen LogP contribution in [0.5, 0.6) is 0 Å². The minimum Gasteiger partial charge on any atom is -0.456 e. The maximum Gasteiger partial charge on any atom is 0.136 e. The van der Waals surface area contributed by atoms with Crippen molar-refractivity contribution in [2.24, 2.45) is 0 Å². The van der Waals surface area contributed by atoms with Crippen LogP contribution in [0.1, 0.15) is 52.7 Å². The summed E-state index contributed by atoms with van der Waals surface area (Å²) in [5, 5.41) is 6.89. The number of fused-ring (bicyclic) bond motifs is 7. The van der Waals surface area contributed by atoms with Crippen LogP contribution in [-0.4, -0.2) is 0 Å². The molecule has 0 unspecified atom stereocenters. The maximum absolute atomic E-state index is 6.42. The molecule has 10 aromatic carbocycles. The average molecular weight is 892 g/mol. The largest absolute Gasteiger partial charge is 0.456 e. The Hall–Kier alpha value is -8.14. The summed E-state index contributed by atoms with van der Waals surface area (Å²) in [6.45, 7) is 13.9. The Kier molecular flexibility index (Phi) is 9.97. The third-order valence-electron chi connectivity index (χ3n) is 14.0. The third-order valence-corrected chi connectivity index (χ3v) is 14.0. The van der Waals surface area contributed by atoms with Gasteiger partial charge >= 0.3 is 0 Å². The van der Waals surface area contributed by atoms with Gasteiger partial charge in [0.05, 0.1) is 11.4 Å². The SMILES string of the molecule is CC(C)(C)c1cc(-c2cccc3cccc(-c4ccccc4N(c4cccc(-c5ccc6c(c5)oc5ccccc56)c4)c4ccccc4-c4ccc5oc6ccccc6c5c4)c23)cc(C(C)(C)C)c1. The fraction of sp³-hybridized carbons (Fsp3) is 0.121. The van der Waals surface area contributed by atoms with Crippen LogP contribution in [0.3, 0.4) is 0 Å². The predicted molar refractivity (Wildman–Crippen MR) is 292 cm³/mol. The number of para-hydroxylation sites is 4. The Balaban J connectivity index is 1.09. The van der Waals surface area contributed by atoms with Crippen molar-refractivity contribution in [1.29, 1.82) is 0 Å². The molecule has 2 heterocycles. The number of hydrogen-bond donors (Lipinski definition) is 0. The Bertz CT molecular complexity index is 3910. The number of benzene rings is 10. The zero-order valence-corrected chi connectivity index (χ0v) is 40.0. The summed E-state index contributed by atoms with van der Waals surface area (Å²) >= 11 is 0. The highest BCUT2D eigenvalue weighted by atomic mass is 16.3. The molecule has 0 amide bonds. The minimum atomic E-state index is -0.0223. The van der Waals surface area contributed by atoms with E-state index in [2.05, 4.69) is 234 Å². The molecule has 0 N–H and O–H groups in total. The highest BCUT2D eigenvalue weighted by Crippen LogP contribution is 2.49. The standard InChI is InChI=1S/C66H53NO2/c1-65(2,3)47-36-46(37-48(41-47)66(4,5)6)51-26-16-18-42-19-17-27-56(64(42)51)52-23-8-12-29-59(52)67(49-21-15-20-43(38-49)44-32-34-55-53-24-9-13-30-60(53)69-63(55)40-44)58-28-11-7-22-50(58)45-33-35-62-57(39-45)54-25-10-14-31-61(54)68-62/h7-41H,1-6H3. The van der Waals surface area contributed by atoms with Crippen molar-refractivity contribution >= 4 is 71.7 Å². The molecule has 0 saturated carbocycles. The monoisotopic (exact) mass is 891 g/mol. The summed E-state index contributed by atoms with van der Waals surface area (Å²) in [6.07, 6.45) is 0. The Morgan fingerprint density at radius 3 is 1.55 bits per heavy atom. The lowest BCUT2D eigenvalue weighted by Gasteiger charge is -2.30. The van der Waals surface area contributed by atoms with Crippen molar-refractivity contribution in [2.75, 3.05) is 4.90 Å². The molecule has 0 atom stereocenters. The zero-order valence-electron chi connectivity index (χ0n) is 40.0. The molecule has 0 radical (unpaired) electrons. The van der Waals surface area contributed by atoms with E-state index in [0.29, 0.717) is 0 Å². The van der Waals surface area contributed by atoms with Crippen molar-refractivity contribution < 1.29 is 8.83 Å². The maximum atomic E-state index is 6.42. The fourth-order valence-corrected chi connectivity index (χ4v) is 10.3. The first-order valence-electron chi connectivity index (χ1n) is 24.1. The molecule has 0 saturated heterocycles. The van der Waals surface area contributed by atoms with Gasteiger partial charge in [0.15, 0.2) is 0 Å². The van der Waals surface area contributed by atoms with E-state index >= 15 is 0 Å². The molecule has 0 spiro atoms. The second kappa shape index (κ2) is 16.3. The lowest BCUT2D eigenvalue weighted by molar-refractivity contribution is 0.569. The summed E-state index contributed by atoms with van der Waals surface area (Å²) in [5.41, 5.74) is 18.5. The van der Waals surface area contributed by atoms with E-state index in [1.54, 1.807) is 0 Å². The summed E-state index contributed by atoms with van der Waals surface area (Å²) in [6, 6.07) is 77.3. The highest BCUT2D eigenvalue weighted by molar-refractivity contribution is 6.11. The van der Waals surface area contributed by atoms with Crippen molar-refractivity contribution in [2.45, 2.75) is 52.4 Å². The molecule has 0 aliphatic rings. The van der Waals surface area contributed by atoms with Crippen LogP contribution in [0, 0.1) is 0 Å². The summed E-state index contributed by atoms with van der Waals surface area (Å²) in [5.74, 6) is 0. The van der Waals surface area contributed by atoms with Gasteiger partial charge in [0.25, 0.3) is 0 Å². The van der Waals surface area contributed by atoms with Crippen LogP contribution < -0.4 is 4.90 Å². The van der Waals surface area contributed by atoms with E-state index in [9.17, 15) is 0 Å². The third kappa shape index (κ3) is 7.46. The van der Waals surface area contributed by atoms with Gasteiger partial charge in [-0.1, -0.05) is 193 Å². The molecule has 69 heavy (non-hydrogen) atoms. The van der Waals surface area contributed by atoms with Crippen LogP contribution in [0.25, 0.3) is 99.2 Å². The first-order valence-corrected chi connectivity index (χ1v) is 24.1. The number of anilines is 3. The van der Waals surface area contributed by atoms with E-state index in [0.717, 1.165) is 88.8 Å². The molecular weight excluding hydrogens is 839 g/mol. The fourth-order valence-electron chi connectivity index (χ4n) is 10.3. The molecule has 3 nitrogen and oxygen atoms in total. The smallest absolute Gasteiger partial charge is 0.136 e. The van der Waals surface area contributed by atoms with Crippen molar-refractivity contribution in [3.63, 3.8) is 0 Å². The number of furan rings is 2. The Labute approximate surface area is 403 Å². The van der Waals surface area contributed by atoms with Gasteiger partial charge in [-0.15, -0.1) is 0 Å². The minimum absolute atomic E-state index is 0.0223. The molecule has 2 aromatic heterocycles. The summed E-state index contributed by atoms with van der Waals surface area (Å²) < 4.78 is 12.7. The Morgan fingerprint density at radius 2 is 0.841 bits per heavy atom. The van der Waals surface area contributed by atoms with Crippen LogP contribution in [0.4, 0.5) is 17.1 Å². The van der Waals surface area contributed by atoms with Crippen molar-refractivity contribution in [1.82, 2.24) is 0 Å². The topological polar surface area (TPSA) is 29.5 Å². The van der Waals surface area contributed by atoms with E-state index in [-0.39, 0.29) is 10.8 Å². The molecule has 0 fully saturated rings. The molecular formula is C66H53NO2. The van der Waals surface area contributed by atoms with E-state index in [1.165, 1.54) is 38.6 Å². The van der Waals surface area contributed by atoms with Gasteiger partial charge < -0.3 is 13.7 Å². The van der Waals surface area contributed by atoms with Crippen molar-refractivity contribution in [3.05, 3.63) is 223 Å². The van der Waals surface area contributed by atoms with Crippen LogP contribution >= 0.6 is 0 Å². The zero-order chi connectivity index (χ0) is 47.0. The average Bonchev–Trinajstić information content (AvgIpc) is 3.94. The second-order valence-electron chi connectivity index (χ2n) is 20.5. The lowest BCUT2D eigenvalue weighted by atomic mass is 9.78. The molecule has 12 aromatic rings. The normalized spacial score (nSPS) is 12.2. The number of nitrogens with zero attached hydrogens (tertiary/aromatic N) is 1. The van der Waals surface area contributed by atoms with E-state index < -0.39 is 0 Å². The highest BCUT2D eigenvalue weighted by Gasteiger charge is 2.25. The first-order chi connectivity index (χ1) is 33.5. The van der Waals surface area contributed by atoms with Gasteiger partial charge in [-0.3, -0.25) is 0 Å². The summed E-state index contributed by atoms with van der Waals surface area (Å²) in [4.78, 5) is 2.46. The molecule has 0 aliphatic heterocycles. The molecule has 334 valence electrons. The molecule has 3 heteroatoms. The quantitative estimate of drug-likeness (QED) is 0.160. The predicted octanol–water partition coefficient (Wildman–Crippen LogP) is 19.4. The Morgan fingerprint density at radius 1 is 0.319 bits per heavy atom. The van der Waals surface area contributed by atoms with Gasteiger partial charge in [-0.05, 0) is 127 Å². The van der Waals surface area contributed by atoms with Crippen LogP contribution in [0.2, 0.25) is 0 Å². The van der Waals surface area contributed by atoms with Crippen LogP contribution in [0.15, 0.2) is 221 Å². The molecule has 12 rings (SSSR count). The van der Waals surface area contributed by atoms with Gasteiger partial charge in [0, 0.05) is 38.4 Å². The van der Waals surface area contributed by atoms with Gasteiger partial charge in [0.2, 0.25) is 0 Å². The molecule has 0 bridgehead atoms. The first kappa shape index (κ1) is 42.2. The van der Waals surface area contributed by atoms with Crippen molar-refractivity contribution in [3.8, 4) is 44.5 Å². The van der Waals surface area contributed by atoms with Gasteiger partial charge in [-0.25, -0.2) is 0 Å². The second-order valence-corrected chi connectivity index (χ2v) is 20.5. The van der Waals surface area contributed by atoms with Gasteiger partial charge in [0.1, 0.15) is 22.3 Å². The lowest BCUT2D eigenvalue weighted by Crippen LogP contribution is -2.16.